The van der Waals surface area contributed by atoms with Crippen molar-refractivity contribution >= 4 is 55.6 Å². The molecule has 0 unspecified atom stereocenters. The van der Waals surface area contributed by atoms with E-state index >= 15 is 0 Å². The van der Waals surface area contributed by atoms with Crippen molar-refractivity contribution in [2.45, 2.75) is 13.8 Å². The molecule has 25 heavy (non-hydrogen) atoms. The van der Waals surface area contributed by atoms with Gasteiger partial charge in [0.05, 0.1) is 18.4 Å². The molecule has 2 rings (SSSR count). The Kier molecular flexibility index (Phi) is 6.87. The van der Waals surface area contributed by atoms with Gasteiger partial charge in [-0.05, 0) is 69.5 Å². The van der Waals surface area contributed by atoms with Crippen molar-refractivity contribution in [1.29, 1.82) is 0 Å². The number of ether oxygens (including phenoxy) is 1. The molecule has 5 nitrogen and oxygen atoms in total. The average Bonchev–Trinajstić information content (AvgIpc) is 2.58. The molecule has 0 atom stereocenters. The summed E-state index contributed by atoms with van der Waals surface area (Å²) >= 11 is 12.8. The lowest BCUT2D eigenvalue weighted by Gasteiger charge is -2.11. The van der Waals surface area contributed by atoms with Crippen LogP contribution < -0.4 is 10.2 Å². The van der Waals surface area contributed by atoms with Crippen molar-refractivity contribution in [2.75, 3.05) is 6.61 Å². The smallest absolute Gasteiger partial charge is 0.271 e. The third kappa shape index (κ3) is 4.54. The van der Waals surface area contributed by atoms with Crippen molar-refractivity contribution in [2.24, 2.45) is 5.10 Å². The standard InChI is InChI=1S/C17H15Br2ClN2O3/c1-3-25-14-7-12(18)15(19)11(16(14)23)8-21-22-17(24)10-5-4-6-13(20)9(10)2/h4-8,23H,3H2,1-2H3,(H,22,24)/b21-8+. The summed E-state index contributed by atoms with van der Waals surface area (Å²) in [4.78, 5) is 12.2. The molecule has 0 radical (unpaired) electrons. The summed E-state index contributed by atoms with van der Waals surface area (Å²) in [5.74, 6) is -0.156. The number of hydrazone groups is 1. The maximum Gasteiger partial charge on any atom is 0.271 e. The maximum absolute atomic E-state index is 12.2. The lowest BCUT2D eigenvalue weighted by molar-refractivity contribution is 0.0954. The first-order valence-corrected chi connectivity index (χ1v) is 9.25. The highest BCUT2D eigenvalue weighted by Crippen LogP contribution is 2.39. The first kappa shape index (κ1) is 19.8. The second-order valence-electron chi connectivity index (χ2n) is 4.98. The van der Waals surface area contributed by atoms with Crippen LogP contribution in [0.4, 0.5) is 0 Å². The summed E-state index contributed by atoms with van der Waals surface area (Å²) in [5.41, 5.74) is 3.90. The average molecular weight is 491 g/mol. The largest absolute Gasteiger partial charge is 0.504 e. The number of carbonyl (C=O) groups is 1. The highest BCUT2D eigenvalue weighted by Gasteiger charge is 2.15. The first-order chi connectivity index (χ1) is 11.9. The van der Waals surface area contributed by atoms with Gasteiger partial charge in [-0.1, -0.05) is 17.7 Å². The molecule has 0 aliphatic carbocycles. The van der Waals surface area contributed by atoms with Gasteiger partial charge < -0.3 is 9.84 Å². The summed E-state index contributed by atoms with van der Waals surface area (Å²) in [6.45, 7) is 3.98. The summed E-state index contributed by atoms with van der Waals surface area (Å²) in [7, 11) is 0. The number of rotatable bonds is 5. The van der Waals surface area contributed by atoms with E-state index in [9.17, 15) is 9.90 Å². The normalized spacial score (nSPS) is 10.9. The number of benzene rings is 2. The Bertz CT molecular complexity index is 841. The SMILES string of the molecule is CCOc1cc(Br)c(Br)c(/C=N/NC(=O)c2cccc(Cl)c2C)c1O. The minimum Gasteiger partial charge on any atom is -0.504 e. The lowest BCUT2D eigenvalue weighted by atomic mass is 10.1. The molecular formula is C17H15Br2ClN2O3. The molecule has 132 valence electrons. The fourth-order valence-corrected chi connectivity index (χ4v) is 3.07. The highest BCUT2D eigenvalue weighted by atomic mass is 79.9. The number of phenolic OH excluding ortho intramolecular Hbond substituents is 1. The van der Waals surface area contributed by atoms with E-state index in [1.807, 2.05) is 6.92 Å². The Morgan fingerprint density at radius 2 is 2.16 bits per heavy atom. The van der Waals surface area contributed by atoms with Gasteiger partial charge in [-0.3, -0.25) is 4.79 Å². The third-order valence-electron chi connectivity index (χ3n) is 3.36. The molecule has 2 N–H and O–H groups in total. The molecule has 0 saturated heterocycles. The van der Waals surface area contributed by atoms with Gasteiger partial charge >= 0.3 is 0 Å². The van der Waals surface area contributed by atoms with Crippen molar-refractivity contribution in [1.82, 2.24) is 5.43 Å². The predicted molar refractivity (Wildman–Crippen MR) is 106 cm³/mol. The number of phenols is 1. The molecule has 2 aromatic carbocycles. The van der Waals surface area contributed by atoms with E-state index in [1.54, 1.807) is 31.2 Å². The van der Waals surface area contributed by atoms with E-state index in [1.165, 1.54) is 6.21 Å². The quantitative estimate of drug-likeness (QED) is 0.456. The van der Waals surface area contributed by atoms with Crippen LogP contribution in [0.1, 0.15) is 28.4 Å². The highest BCUT2D eigenvalue weighted by molar-refractivity contribution is 9.13. The number of halogens is 3. The summed E-state index contributed by atoms with van der Waals surface area (Å²) in [5, 5.41) is 14.7. The van der Waals surface area contributed by atoms with Gasteiger partial charge in [0.15, 0.2) is 11.5 Å². The molecule has 0 heterocycles. The number of aromatic hydroxyl groups is 1. The molecule has 2 aromatic rings. The Labute approximate surface area is 167 Å². The van der Waals surface area contributed by atoms with Crippen LogP contribution in [0.5, 0.6) is 11.5 Å². The monoisotopic (exact) mass is 488 g/mol. The number of amides is 1. The van der Waals surface area contributed by atoms with Crippen molar-refractivity contribution in [3.05, 3.63) is 54.9 Å². The number of nitrogens with zero attached hydrogens (tertiary/aromatic N) is 1. The number of hydrogen-bond donors (Lipinski definition) is 2. The van der Waals surface area contributed by atoms with E-state index in [-0.39, 0.29) is 5.75 Å². The van der Waals surface area contributed by atoms with Gasteiger partial charge in [0.25, 0.3) is 5.91 Å². The Hall–Kier alpha value is -1.57. The lowest BCUT2D eigenvalue weighted by Crippen LogP contribution is -2.18. The van der Waals surface area contributed by atoms with Gasteiger partial charge in [0.1, 0.15) is 0 Å². The summed E-state index contributed by atoms with van der Waals surface area (Å²) < 4.78 is 6.65. The second kappa shape index (κ2) is 8.69. The molecule has 0 aromatic heterocycles. The first-order valence-electron chi connectivity index (χ1n) is 7.29. The van der Waals surface area contributed by atoms with Gasteiger partial charge in [-0.25, -0.2) is 5.43 Å². The van der Waals surface area contributed by atoms with E-state index in [0.29, 0.717) is 43.0 Å². The van der Waals surface area contributed by atoms with Crippen LogP contribution in [0.15, 0.2) is 38.3 Å². The van der Waals surface area contributed by atoms with Crippen LogP contribution in [-0.2, 0) is 0 Å². The maximum atomic E-state index is 12.2. The molecule has 0 aliphatic rings. The Morgan fingerprint density at radius 1 is 1.44 bits per heavy atom. The minimum atomic E-state index is -0.396. The van der Waals surface area contributed by atoms with E-state index in [0.717, 1.165) is 0 Å². The third-order valence-corrected chi connectivity index (χ3v) is 5.79. The molecule has 0 spiro atoms. The summed E-state index contributed by atoms with van der Waals surface area (Å²) in [6, 6.07) is 6.71. The van der Waals surface area contributed by atoms with Gasteiger partial charge in [0, 0.05) is 19.5 Å². The molecule has 8 heteroatoms. The zero-order valence-electron chi connectivity index (χ0n) is 13.4. The van der Waals surface area contributed by atoms with Crippen LogP contribution in [0.3, 0.4) is 0 Å². The molecule has 0 saturated carbocycles. The zero-order chi connectivity index (χ0) is 18.6. The van der Waals surface area contributed by atoms with Crippen LogP contribution in [0.25, 0.3) is 0 Å². The summed E-state index contributed by atoms with van der Waals surface area (Å²) in [6.07, 6.45) is 1.34. The Balaban J connectivity index is 2.25. The fraction of sp³-hybridized carbons (Fsp3) is 0.176. The number of hydrogen-bond acceptors (Lipinski definition) is 4. The second-order valence-corrected chi connectivity index (χ2v) is 7.03. The zero-order valence-corrected chi connectivity index (χ0v) is 17.4. The topological polar surface area (TPSA) is 70.9 Å². The fourth-order valence-electron chi connectivity index (χ4n) is 2.06. The molecule has 0 fully saturated rings. The Morgan fingerprint density at radius 3 is 2.84 bits per heavy atom. The number of nitrogens with one attached hydrogen (secondary N) is 1. The van der Waals surface area contributed by atoms with Crippen molar-refractivity contribution in [3.63, 3.8) is 0 Å². The molecule has 0 bridgehead atoms. The van der Waals surface area contributed by atoms with Crippen LogP contribution >= 0.6 is 43.5 Å². The minimum absolute atomic E-state index is 0.0751. The predicted octanol–water partition coefficient (Wildman–Crippen LogP) is 5.04. The van der Waals surface area contributed by atoms with E-state index in [2.05, 4.69) is 42.4 Å². The van der Waals surface area contributed by atoms with Crippen LogP contribution in [-0.4, -0.2) is 23.8 Å². The molecule has 1 amide bonds. The number of carbonyl (C=O) groups excluding carboxylic acids is 1. The van der Waals surface area contributed by atoms with Crippen molar-refractivity contribution < 1.29 is 14.6 Å². The van der Waals surface area contributed by atoms with E-state index in [4.69, 9.17) is 16.3 Å². The van der Waals surface area contributed by atoms with Gasteiger partial charge in [0.2, 0.25) is 0 Å². The molecule has 0 aliphatic heterocycles. The van der Waals surface area contributed by atoms with E-state index < -0.39 is 5.91 Å². The van der Waals surface area contributed by atoms with Crippen molar-refractivity contribution in [3.8, 4) is 11.5 Å². The van der Waals surface area contributed by atoms with Gasteiger partial charge in [-0.15, -0.1) is 0 Å². The van der Waals surface area contributed by atoms with Crippen LogP contribution in [0, 0.1) is 6.92 Å². The van der Waals surface area contributed by atoms with Crippen LogP contribution in [0.2, 0.25) is 5.02 Å². The molecular weight excluding hydrogens is 475 g/mol. The van der Waals surface area contributed by atoms with Gasteiger partial charge in [-0.2, -0.15) is 5.10 Å².